The van der Waals surface area contributed by atoms with Gasteiger partial charge in [-0.05, 0) is 50.1 Å². The summed E-state index contributed by atoms with van der Waals surface area (Å²) in [5.74, 6) is 0.186. The maximum absolute atomic E-state index is 12.9. The summed E-state index contributed by atoms with van der Waals surface area (Å²) in [7, 11) is 1.52. The van der Waals surface area contributed by atoms with Gasteiger partial charge < -0.3 is 15.8 Å². The van der Waals surface area contributed by atoms with Crippen LogP contribution in [0.2, 0.25) is 0 Å². The molecule has 0 fully saturated rings. The number of non-ortho nitro benzene ring substituents is 1. The molecule has 1 amide bonds. The first-order valence-corrected chi connectivity index (χ1v) is 11.1. The lowest BCUT2D eigenvalue weighted by molar-refractivity contribution is -0.384. The Balaban J connectivity index is 1.93. The zero-order chi connectivity index (χ0) is 26.0. The lowest BCUT2D eigenvalue weighted by Gasteiger charge is -2.23. The Kier molecular flexibility index (Phi) is 6.43. The number of benzene rings is 2. The number of nitro groups is 1. The van der Waals surface area contributed by atoms with Crippen molar-refractivity contribution in [3.63, 3.8) is 0 Å². The number of nitrogens with two attached hydrogens (primary N) is 1. The first-order valence-electron chi connectivity index (χ1n) is 11.1. The fraction of sp³-hybridized carbons (Fsp3) is 0.192. The van der Waals surface area contributed by atoms with Gasteiger partial charge in [-0.1, -0.05) is 24.3 Å². The van der Waals surface area contributed by atoms with Crippen LogP contribution in [0.25, 0.3) is 22.4 Å². The van der Waals surface area contributed by atoms with E-state index in [1.807, 2.05) is 45.0 Å². The predicted octanol–water partition coefficient (Wildman–Crippen LogP) is 5.13. The van der Waals surface area contributed by atoms with Crippen molar-refractivity contribution in [2.45, 2.75) is 26.3 Å². The number of hydrogen-bond acceptors (Lipinski definition) is 7. The van der Waals surface area contributed by atoms with Crippen molar-refractivity contribution >= 4 is 23.1 Å². The molecule has 2 heterocycles. The van der Waals surface area contributed by atoms with Gasteiger partial charge >= 0.3 is 0 Å². The van der Waals surface area contributed by atoms with Gasteiger partial charge in [0.1, 0.15) is 17.1 Å². The molecule has 0 saturated carbocycles. The van der Waals surface area contributed by atoms with E-state index in [0.29, 0.717) is 28.6 Å². The second-order valence-electron chi connectivity index (χ2n) is 9.08. The monoisotopic (exact) mass is 486 g/mol. The molecule has 0 saturated heterocycles. The molecule has 2 aromatic heterocycles. The van der Waals surface area contributed by atoms with E-state index >= 15 is 0 Å². The molecule has 3 N–H and O–H groups in total. The fourth-order valence-corrected chi connectivity index (χ4v) is 3.88. The van der Waals surface area contributed by atoms with E-state index < -0.39 is 16.4 Å². The average molecular weight is 487 g/mol. The van der Waals surface area contributed by atoms with Crippen molar-refractivity contribution in [3.8, 4) is 28.3 Å². The van der Waals surface area contributed by atoms with Crippen molar-refractivity contribution < 1.29 is 14.5 Å². The average Bonchev–Trinajstić information content (AvgIpc) is 3.24. The van der Waals surface area contributed by atoms with Crippen LogP contribution in [-0.2, 0) is 5.54 Å². The van der Waals surface area contributed by atoms with Crippen molar-refractivity contribution in [2.24, 2.45) is 5.73 Å². The highest BCUT2D eigenvalue weighted by molar-refractivity contribution is 6.05. The van der Waals surface area contributed by atoms with E-state index in [1.54, 1.807) is 35.1 Å². The molecule has 184 valence electrons. The van der Waals surface area contributed by atoms with Crippen LogP contribution in [-0.4, -0.2) is 32.7 Å². The molecule has 0 radical (unpaired) electrons. The van der Waals surface area contributed by atoms with Gasteiger partial charge in [-0.25, -0.2) is 9.67 Å². The van der Waals surface area contributed by atoms with Crippen molar-refractivity contribution in [3.05, 3.63) is 82.5 Å². The number of aromatic nitrogens is 3. The molecule has 0 aliphatic carbocycles. The van der Waals surface area contributed by atoms with Crippen molar-refractivity contribution in [2.75, 3.05) is 12.4 Å². The van der Waals surface area contributed by atoms with Crippen LogP contribution in [0.5, 0.6) is 5.88 Å². The van der Waals surface area contributed by atoms with Gasteiger partial charge in [0.15, 0.2) is 0 Å². The quantitative estimate of drug-likeness (QED) is 0.273. The summed E-state index contributed by atoms with van der Waals surface area (Å²) in [5, 5.41) is 19.2. The Bertz CT molecular complexity index is 1440. The number of nitrogens with zero attached hydrogens (tertiary/aromatic N) is 4. The summed E-state index contributed by atoms with van der Waals surface area (Å²) in [6, 6.07) is 17.1. The number of methoxy groups -OCH3 is 1. The molecular weight excluding hydrogens is 460 g/mol. The predicted molar refractivity (Wildman–Crippen MR) is 137 cm³/mol. The molecule has 0 unspecified atom stereocenters. The first-order chi connectivity index (χ1) is 17.1. The van der Waals surface area contributed by atoms with Gasteiger partial charge in [0.05, 0.1) is 17.6 Å². The van der Waals surface area contributed by atoms with Gasteiger partial charge in [-0.2, -0.15) is 5.10 Å². The Morgan fingerprint density at radius 3 is 2.33 bits per heavy atom. The Hall–Kier alpha value is -4.73. The van der Waals surface area contributed by atoms with E-state index in [1.165, 1.54) is 19.2 Å². The van der Waals surface area contributed by atoms with Crippen molar-refractivity contribution in [1.29, 1.82) is 0 Å². The summed E-state index contributed by atoms with van der Waals surface area (Å²) >= 11 is 0. The minimum Gasteiger partial charge on any atom is -0.481 e. The highest BCUT2D eigenvalue weighted by atomic mass is 16.6. The molecule has 10 nitrogen and oxygen atoms in total. The molecule has 0 bridgehead atoms. The zero-order valence-electron chi connectivity index (χ0n) is 20.4. The number of ether oxygens (including phenoxy) is 1. The molecule has 0 atom stereocenters. The standard InChI is InChI=1S/C26H26N6O4/c1-26(2,3)31-25(29-17-13-14-28-21(15-17)36-4)22(24(27)33)23(30-31)20-8-6-5-7-19(20)16-9-11-18(12-10-16)32(34)35/h5-15H,1-4H3,(H2,27,33)(H,28,29). The molecule has 36 heavy (non-hydrogen) atoms. The normalized spacial score (nSPS) is 11.2. The van der Waals surface area contributed by atoms with E-state index in [0.717, 1.165) is 11.1 Å². The van der Waals surface area contributed by atoms with Crippen LogP contribution in [0, 0.1) is 10.1 Å². The highest BCUT2D eigenvalue weighted by Gasteiger charge is 2.30. The number of nitrogens with one attached hydrogen (secondary N) is 1. The number of amides is 1. The molecular formula is C26H26N6O4. The lowest BCUT2D eigenvalue weighted by Crippen LogP contribution is -2.25. The number of rotatable bonds is 7. The van der Waals surface area contributed by atoms with Crippen LogP contribution in [0.3, 0.4) is 0 Å². The Labute approximate surface area is 207 Å². The number of anilines is 2. The lowest BCUT2D eigenvalue weighted by atomic mass is 9.95. The molecule has 0 aliphatic heterocycles. The van der Waals surface area contributed by atoms with Gasteiger partial charge in [0.2, 0.25) is 5.88 Å². The van der Waals surface area contributed by atoms with Gasteiger partial charge in [0.25, 0.3) is 11.6 Å². The van der Waals surface area contributed by atoms with Crippen LogP contribution < -0.4 is 15.8 Å². The first kappa shape index (κ1) is 24.4. The van der Waals surface area contributed by atoms with Crippen LogP contribution >= 0.6 is 0 Å². The topological polar surface area (TPSA) is 138 Å². The Morgan fingerprint density at radius 1 is 1.08 bits per heavy atom. The molecule has 4 rings (SSSR count). The number of carbonyl (C=O) groups is 1. The van der Waals surface area contributed by atoms with Gasteiger partial charge in [-0.15, -0.1) is 0 Å². The summed E-state index contributed by atoms with van der Waals surface area (Å²) in [6.07, 6.45) is 1.59. The minimum absolute atomic E-state index is 0.00895. The van der Waals surface area contributed by atoms with Gasteiger partial charge in [-0.3, -0.25) is 14.9 Å². The zero-order valence-corrected chi connectivity index (χ0v) is 20.4. The maximum Gasteiger partial charge on any atom is 0.269 e. The molecule has 2 aromatic carbocycles. The fourth-order valence-electron chi connectivity index (χ4n) is 3.88. The minimum atomic E-state index is -0.650. The summed E-state index contributed by atoms with van der Waals surface area (Å²) in [4.78, 5) is 27.6. The second kappa shape index (κ2) is 9.49. The third kappa shape index (κ3) is 4.74. The second-order valence-corrected chi connectivity index (χ2v) is 9.08. The van der Waals surface area contributed by atoms with E-state index in [-0.39, 0.29) is 11.3 Å². The number of pyridine rings is 1. The highest BCUT2D eigenvalue weighted by Crippen LogP contribution is 2.39. The smallest absolute Gasteiger partial charge is 0.269 e. The van der Waals surface area contributed by atoms with Crippen LogP contribution in [0.4, 0.5) is 17.2 Å². The summed E-state index contributed by atoms with van der Waals surface area (Å²) in [6.45, 7) is 5.90. The number of nitro benzene ring substituents is 1. The number of hydrogen-bond donors (Lipinski definition) is 2. The molecule has 4 aromatic rings. The SMILES string of the molecule is COc1cc(Nc2c(C(N)=O)c(-c3ccccc3-c3ccc([N+](=O)[O-])cc3)nn2C(C)(C)C)ccn1. The van der Waals surface area contributed by atoms with Crippen LogP contribution in [0.15, 0.2) is 66.9 Å². The van der Waals surface area contributed by atoms with Crippen LogP contribution in [0.1, 0.15) is 31.1 Å². The third-order valence-corrected chi connectivity index (χ3v) is 5.55. The molecule has 0 spiro atoms. The number of carbonyl (C=O) groups excluding carboxylic acids is 1. The van der Waals surface area contributed by atoms with E-state index in [2.05, 4.69) is 10.3 Å². The maximum atomic E-state index is 12.9. The number of primary amides is 1. The van der Waals surface area contributed by atoms with Gasteiger partial charge in [0, 0.05) is 35.6 Å². The molecule has 10 heteroatoms. The van der Waals surface area contributed by atoms with E-state index in [9.17, 15) is 14.9 Å². The summed E-state index contributed by atoms with van der Waals surface area (Å²) < 4.78 is 6.95. The Morgan fingerprint density at radius 2 is 1.75 bits per heavy atom. The molecule has 0 aliphatic rings. The van der Waals surface area contributed by atoms with Crippen molar-refractivity contribution in [1.82, 2.24) is 14.8 Å². The van der Waals surface area contributed by atoms with E-state index in [4.69, 9.17) is 15.6 Å². The summed E-state index contributed by atoms with van der Waals surface area (Å²) in [5.41, 5.74) is 8.82. The largest absolute Gasteiger partial charge is 0.481 e. The third-order valence-electron chi connectivity index (χ3n) is 5.55.